The Kier molecular flexibility index (Phi) is 4.43. The lowest BCUT2D eigenvalue weighted by Gasteiger charge is -2.23. The van der Waals surface area contributed by atoms with Gasteiger partial charge in [-0.15, -0.1) is 0 Å². The van der Waals surface area contributed by atoms with Crippen LogP contribution in [0.5, 0.6) is 0 Å². The Morgan fingerprint density at radius 3 is 2.93 bits per heavy atom. The van der Waals surface area contributed by atoms with Gasteiger partial charge in [-0.3, -0.25) is 4.79 Å². The molecule has 1 fully saturated rings. The summed E-state index contributed by atoms with van der Waals surface area (Å²) in [5.41, 5.74) is 0. The zero-order valence-corrected chi connectivity index (χ0v) is 8.62. The minimum Gasteiger partial charge on any atom is -0.449 e. The molecule has 4 nitrogen and oxygen atoms in total. The number of hydrogen-bond donors (Lipinski definition) is 0. The number of unbranched alkanes of at least 4 members (excludes halogenated alkanes) is 1. The molecule has 0 aromatic rings. The first-order valence-corrected chi connectivity index (χ1v) is 5.23. The Balaban J connectivity index is 2.31. The summed E-state index contributed by atoms with van der Waals surface area (Å²) in [6, 6.07) is 0. The number of ether oxygens (including phenoxy) is 1. The molecular weight excluding hydrogens is 182 g/mol. The van der Waals surface area contributed by atoms with E-state index in [4.69, 9.17) is 4.74 Å². The van der Waals surface area contributed by atoms with E-state index in [1.165, 1.54) is 4.90 Å². The van der Waals surface area contributed by atoms with Crippen molar-refractivity contribution in [2.45, 2.75) is 39.0 Å². The molecule has 0 unspecified atom stereocenters. The first-order chi connectivity index (χ1) is 6.75. The fourth-order valence-corrected chi connectivity index (χ4v) is 1.38. The number of piperidine rings is 1. The van der Waals surface area contributed by atoms with Gasteiger partial charge in [0.05, 0.1) is 6.61 Å². The standard InChI is InChI=1S/C10H17NO3/c1-2-3-8-14-10(13)11-7-5-4-6-9(11)12/h2-8H2,1H3. The van der Waals surface area contributed by atoms with Gasteiger partial charge in [0, 0.05) is 13.0 Å². The molecule has 0 saturated carbocycles. The Morgan fingerprint density at radius 2 is 2.29 bits per heavy atom. The van der Waals surface area contributed by atoms with Crippen molar-refractivity contribution in [3.05, 3.63) is 0 Å². The number of carbonyl (C=O) groups excluding carboxylic acids is 2. The summed E-state index contributed by atoms with van der Waals surface area (Å²) in [5.74, 6) is -0.0993. The lowest BCUT2D eigenvalue weighted by Crippen LogP contribution is -2.40. The number of likely N-dealkylation sites (tertiary alicyclic amines) is 1. The van der Waals surface area contributed by atoms with E-state index in [1.807, 2.05) is 6.92 Å². The Labute approximate surface area is 84.2 Å². The van der Waals surface area contributed by atoms with E-state index in [0.717, 1.165) is 25.7 Å². The van der Waals surface area contributed by atoms with Crippen LogP contribution in [0.15, 0.2) is 0 Å². The third-order valence-electron chi connectivity index (χ3n) is 2.27. The normalized spacial score (nSPS) is 16.9. The Morgan fingerprint density at radius 1 is 1.50 bits per heavy atom. The second-order valence-electron chi connectivity index (χ2n) is 3.47. The maximum absolute atomic E-state index is 11.4. The quantitative estimate of drug-likeness (QED) is 0.652. The second-order valence-corrected chi connectivity index (χ2v) is 3.47. The highest BCUT2D eigenvalue weighted by Gasteiger charge is 2.25. The van der Waals surface area contributed by atoms with E-state index in [2.05, 4.69) is 0 Å². The Bertz CT molecular complexity index is 215. The number of rotatable bonds is 3. The second kappa shape index (κ2) is 5.62. The van der Waals surface area contributed by atoms with E-state index in [9.17, 15) is 9.59 Å². The van der Waals surface area contributed by atoms with Gasteiger partial charge in [-0.2, -0.15) is 0 Å². The van der Waals surface area contributed by atoms with Crippen molar-refractivity contribution in [1.29, 1.82) is 0 Å². The van der Waals surface area contributed by atoms with E-state index >= 15 is 0 Å². The van der Waals surface area contributed by atoms with E-state index in [-0.39, 0.29) is 5.91 Å². The minimum atomic E-state index is -0.469. The fraction of sp³-hybridized carbons (Fsp3) is 0.800. The van der Waals surface area contributed by atoms with Crippen molar-refractivity contribution in [3.8, 4) is 0 Å². The predicted molar refractivity (Wildman–Crippen MR) is 51.8 cm³/mol. The van der Waals surface area contributed by atoms with Gasteiger partial charge in [0.25, 0.3) is 0 Å². The zero-order valence-electron chi connectivity index (χ0n) is 8.62. The lowest BCUT2D eigenvalue weighted by atomic mass is 10.1. The summed E-state index contributed by atoms with van der Waals surface area (Å²) < 4.78 is 4.96. The minimum absolute atomic E-state index is 0.0993. The molecule has 1 saturated heterocycles. The predicted octanol–water partition coefficient (Wildman–Crippen LogP) is 1.94. The molecule has 1 aliphatic heterocycles. The van der Waals surface area contributed by atoms with Gasteiger partial charge >= 0.3 is 6.09 Å². The summed E-state index contributed by atoms with van der Waals surface area (Å²) in [4.78, 5) is 23.9. The molecule has 0 radical (unpaired) electrons. The maximum atomic E-state index is 11.4. The molecule has 0 aliphatic carbocycles. The molecular formula is C10H17NO3. The van der Waals surface area contributed by atoms with Crippen LogP contribution in [-0.4, -0.2) is 30.1 Å². The van der Waals surface area contributed by atoms with Crippen LogP contribution in [0.25, 0.3) is 0 Å². The van der Waals surface area contributed by atoms with Crippen LogP contribution in [0.4, 0.5) is 4.79 Å². The zero-order chi connectivity index (χ0) is 10.4. The third-order valence-corrected chi connectivity index (χ3v) is 2.27. The molecule has 0 aromatic heterocycles. The van der Waals surface area contributed by atoms with E-state index in [0.29, 0.717) is 19.6 Å². The molecule has 0 atom stereocenters. The number of nitrogens with zero attached hydrogens (tertiary/aromatic N) is 1. The molecule has 80 valence electrons. The van der Waals surface area contributed by atoms with Crippen LogP contribution >= 0.6 is 0 Å². The maximum Gasteiger partial charge on any atom is 0.416 e. The topological polar surface area (TPSA) is 46.6 Å². The molecule has 1 aliphatic rings. The van der Waals surface area contributed by atoms with Gasteiger partial charge in [-0.1, -0.05) is 13.3 Å². The molecule has 0 bridgehead atoms. The number of imide groups is 1. The summed E-state index contributed by atoms with van der Waals surface area (Å²) in [7, 11) is 0. The highest BCUT2D eigenvalue weighted by molar-refractivity contribution is 5.92. The van der Waals surface area contributed by atoms with Crippen molar-refractivity contribution >= 4 is 12.0 Å². The van der Waals surface area contributed by atoms with E-state index < -0.39 is 6.09 Å². The van der Waals surface area contributed by atoms with Crippen LogP contribution in [0.1, 0.15) is 39.0 Å². The van der Waals surface area contributed by atoms with Gasteiger partial charge in [0.15, 0.2) is 0 Å². The van der Waals surface area contributed by atoms with Crippen LogP contribution in [0, 0.1) is 0 Å². The molecule has 0 N–H and O–H groups in total. The number of amides is 2. The molecule has 1 heterocycles. The van der Waals surface area contributed by atoms with Crippen molar-refractivity contribution in [2.75, 3.05) is 13.2 Å². The average molecular weight is 199 g/mol. The van der Waals surface area contributed by atoms with Gasteiger partial charge < -0.3 is 4.74 Å². The number of carbonyl (C=O) groups is 2. The summed E-state index contributed by atoms with van der Waals surface area (Å²) >= 11 is 0. The van der Waals surface area contributed by atoms with Crippen molar-refractivity contribution < 1.29 is 14.3 Å². The summed E-state index contributed by atoms with van der Waals surface area (Å²) in [5, 5.41) is 0. The van der Waals surface area contributed by atoms with Gasteiger partial charge in [-0.05, 0) is 19.3 Å². The SMILES string of the molecule is CCCCOC(=O)N1CCCCC1=O. The monoisotopic (exact) mass is 199 g/mol. The molecule has 0 spiro atoms. The molecule has 2 amide bonds. The molecule has 4 heteroatoms. The third kappa shape index (κ3) is 3.01. The summed E-state index contributed by atoms with van der Waals surface area (Å²) in [6.45, 7) is 2.96. The van der Waals surface area contributed by atoms with E-state index in [1.54, 1.807) is 0 Å². The van der Waals surface area contributed by atoms with Gasteiger partial charge in [0.1, 0.15) is 0 Å². The number of hydrogen-bond acceptors (Lipinski definition) is 3. The highest BCUT2D eigenvalue weighted by atomic mass is 16.6. The van der Waals surface area contributed by atoms with Crippen LogP contribution in [0.2, 0.25) is 0 Å². The average Bonchev–Trinajstić information content (AvgIpc) is 2.18. The Hall–Kier alpha value is -1.06. The first kappa shape index (κ1) is 11.0. The van der Waals surface area contributed by atoms with Crippen LogP contribution in [0.3, 0.4) is 0 Å². The van der Waals surface area contributed by atoms with Crippen LogP contribution < -0.4 is 0 Å². The molecule has 0 aromatic carbocycles. The van der Waals surface area contributed by atoms with Gasteiger partial charge in [-0.25, -0.2) is 9.69 Å². The highest BCUT2D eigenvalue weighted by Crippen LogP contribution is 2.11. The largest absolute Gasteiger partial charge is 0.449 e. The van der Waals surface area contributed by atoms with Crippen molar-refractivity contribution in [1.82, 2.24) is 4.90 Å². The lowest BCUT2D eigenvalue weighted by molar-refractivity contribution is -0.131. The van der Waals surface area contributed by atoms with Gasteiger partial charge in [0.2, 0.25) is 5.91 Å². The fourth-order valence-electron chi connectivity index (χ4n) is 1.38. The van der Waals surface area contributed by atoms with Crippen molar-refractivity contribution in [3.63, 3.8) is 0 Å². The smallest absolute Gasteiger partial charge is 0.416 e. The summed E-state index contributed by atoms with van der Waals surface area (Å²) in [6.07, 6.45) is 3.63. The van der Waals surface area contributed by atoms with Crippen molar-refractivity contribution in [2.24, 2.45) is 0 Å². The molecule has 14 heavy (non-hydrogen) atoms. The van der Waals surface area contributed by atoms with Crippen LogP contribution in [-0.2, 0) is 9.53 Å². The molecule has 1 rings (SSSR count). The first-order valence-electron chi connectivity index (χ1n) is 5.23.